The number of amides is 10. The molecule has 0 spiro atoms. The predicted octanol–water partition coefficient (Wildman–Crippen LogP) is -1.70. The highest BCUT2D eigenvalue weighted by Gasteiger charge is 2.41. The van der Waals surface area contributed by atoms with E-state index in [0.29, 0.717) is 27.8 Å². The number of rotatable bonds is 33. The molecule has 5 rings (SSSR count). The summed E-state index contributed by atoms with van der Waals surface area (Å²) in [5.74, 6) is -8.69. The first kappa shape index (κ1) is 68.7. The smallest absolute Gasteiger partial charge is 0.246 e. The molecule has 20 N–H and O–H groups in total. The quantitative estimate of drug-likeness (QED) is 0.0144. The fraction of sp³-hybridized carbons (Fsp3) is 0.410. The average Bonchev–Trinajstić information content (AvgIpc) is 1.09. The molecule has 1 aliphatic heterocycles. The van der Waals surface area contributed by atoms with Crippen molar-refractivity contribution < 1.29 is 53.1 Å². The number of primary amides is 2. The minimum Gasteiger partial charge on any atom is -0.508 e. The monoisotopic (exact) mass is 1210 g/mol. The number of nitrogens with zero attached hydrogens (tertiary/aromatic N) is 3. The second-order valence-corrected chi connectivity index (χ2v) is 21.9. The van der Waals surface area contributed by atoms with Gasteiger partial charge in [-0.25, -0.2) is 0 Å². The van der Waals surface area contributed by atoms with Crippen LogP contribution >= 0.6 is 0 Å². The van der Waals surface area contributed by atoms with Crippen LogP contribution in [0.4, 0.5) is 0 Å². The third kappa shape index (κ3) is 22.7. The highest BCUT2D eigenvalue weighted by Crippen LogP contribution is 2.26. The van der Waals surface area contributed by atoms with Crippen LogP contribution in [-0.2, 0) is 80.2 Å². The lowest BCUT2D eigenvalue weighted by atomic mass is 9.92. The number of hydrogen-bond acceptors (Lipinski definition) is 13. The van der Waals surface area contributed by atoms with Gasteiger partial charge >= 0.3 is 0 Å². The molecule has 4 aromatic carbocycles. The molecule has 0 saturated heterocycles. The number of guanidine groups is 2. The Morgan fingerprint density at radius 2 is 0.932 bits per heavy atom. The van der Waals surface area contributed by atoms with Crippen molar-refractivity contribution in [2.24, 2.45) is 50.3 Å². The second-order valence-electron chi connectivity index (χ2n) is 21.9. The van der Waals surface area contributed by atoms with Crippen molar-refractivity contribution >= 4 is 71.0 Å². The van der Waals surface area contributed by atoms with E-state index in [1.807, 2.05) is 13.8 Å². The summed E-state index contributed by atoms with van der Waals surface area (Å²) >= 11 is 0. The molecule has 0 unspecified atom stereocenters. The number of nitrogens with two attached hydrogens (primary N) is 6. The van der Waals surface area contributed by atoms with E-state index >= 15 is 9.59 Å². The topological polar surface area (TPSA) is 459 Å². The molecule has 472 valence electrons. The van der Waals surface area contributed by atoms with Crippen molar-refractivity contribution in [3.8, 4) is 5.75 Å². The van der Waals surface area contributed by atoms with Crippen molar-refractivity contribution in [3.05, 3.63) is 137 Å². The number of benzene rings is 4. The van der Waals surface area contributed by atoms with E-state index < -0.39 is 114 Å². The SMILES string of the molecule is CC(=O)N[C@@H](Cc1ccc(O)cc1)C(=O)N[C@@H](Cc1ccccc1)C(=O)N[C@@H](CC(C)C)C(=O)N[C@@H](Cc1ccccc1)C(=O)N[C@@H](CCCN=C(N)N)C(=O)N1Cc2ccccc2C[C@H]1C(=O)N[C@@H](CCCN=C(N)N)C(=O)N[C@@H](CC(N)=O)C(N)=O. The summed E-state index contributed by atoms with van der Waals surface area (Å²) in [6, 6.07) is 19.8. The molecule has 27 nitrogen and oxygen atoms in total. The summed E-state index contributed by atoms with van der Waals surface area (Å²) in [5, 5.41) is 28.9. The van der Waals surface area contributed by atoms with E-state index in [1.165, 1.54) is 24.0 Å². The number of phenolic OH excluding ortho intramolecular Hbond substituents is 1. The van der Waals surface area contributed by atoms with E-state index in [-0.39, 0.29) is 101 Å². The lowest BCUT2D eigenvalue weighted by molar-refractivity contribution is -0.145. The largest absolute Gasteiger partial charge is 0.508 e. The van der Waals surface area contributed by atoms with Gasteiger partial charge in [0.15, 0.2) is 11.9 Å². The Hall–Kier alpha value is -10.1. The standard InChI is InChI=1S/C61H82N16O11/c1-35(2)28-46(74-57(86)49(30-38-16-8-5-9-17-38)76-55(84)47(70-36(3)78)31-39-22-24-42(79)25-23-39)54(83)75-48(29-37-14-6-4-7-15-37)56(85)72-44(21-13-27-69-61(66)67)59(88)77-34-41-19-11-10-18-40(41)32-50(77)58(87)71-43(20-12-26-68-60(64)65)53(82)73-45(52(63)81)33-51(62)80/h4-11,14-19,22-25,35,43-50,79H,12-13,20-21,26-34H2,1-3H3,(H2,62,80)(H2,63,81)(H,70,78)(H,71,87)(H,72,85)(H,73,82)(H,74,86)(H,75,83)(H,76,84)(H4,64,65,68)(H4,66,67,69)/t43-,44-,45-,46-,47-,48-,49-,50-/m0/s1. The minimum atomic E-state index is -1.53. The third-order valence-corrected chi connectivity index (χ3v) is 14.3. The van der Waals surface area contributed by atoms with Gasteiger partial charge < -0.3 is 81.6 Å². The zero-order chi connectivity index (χ0) is 64.5. The maximum atomic E-state index is 15.4. The van der Waals surface area contributed by atoms with Crippen LogP contribution in [0.3, 0.4) is 0 Å². The van der Waals surface area contributed by atoms with E-state index in [1.54, 1.807) is 97.1 Å². The normalized spacial score (nSPS) is 14.9. The van der Waals surface area contributed by atoms with Crippen LogP contribution in [0.1, 0.15) is 87.1 Å². The summed E-state index contributed by atoms with van der Waals surface area (Å²) in [5.41, 5.74) is 36.4. The zero-order valence-corrected chi connectivity index (χ0v) is 49.6. The van der Waals surface area contributed by atoms with Crippen LogP contribution in [0, 0.1) is 5.92 Å². The molecule has 1 heterocycles. The van der Waals surface area contributed by atoms with Crippen LogP contribution in [0.2, 0.25) is 0 Å². The van der Waals surface area contributed by atoms with Crippen molar-refractivity contribution in [3.63, 3.8) is 0 Å². The van der Waals surface area contributed by atoms with Gasteiger partial charge in [0.2, 0.25) is 59.1 Å². The van der Waals surface area contributed by atoms with E-state index in [2.05, 4.69) is 47.2 Å². The van der Waals surface area contributed by atoms with Crippen LogP contribution < -0.4 is 71.6 Å². The van der Waals surface area contributed by atoms with Crippen molar-refractivity contribution in [1.29, 1.82) is 0 Å². The molecule has 27 heteroatoms. The number of aromatic hydroxyl groups is 1. The molecule has 0 aliphatic carbocycles. The second kappa shape index (κ2) is 34.2. The van der Waals surface area contributed by atoms with Gasteiger partial charge in [-0.2, -0.15) is 0 Å². The highest BCUT2D eigenvalue weighted by atomic mass is 16.3. The lowest BCUT2D eigenvalue weighted by Crippen LogP contribution is -2.62. The molecule has 4 aromatic rings. The molecule has 88 heavy (non-hydrogen) atoms. The molecule has 10 amide bonds. The number of nitrogens with one attached hydrogen (secondary N) is 7. The fourth-order valence-electron chi connectivity index (χ4n) is 9.92. The first-order valence-corrected chi connectivity index (χ1v) is 28.9. The predicted molar refractivity (Wildman–Crippen MR) is 328 cm³/mol. The highest BCUT2D eigenvalue weighted by molar-refractivity contribution is 5.99. The first-order valence-electron chi connectivity index (χ1n) is 28.9. The van der Waals surface area contributed by atoms with Gasteiger partial charge in [-0.05, 0) is 78.0 Å². The first-order chi connectivity index (χ1) is 41.9. The Kier molecular flexibility index (Phi) is 26.7. The van der Waals surface area contributed by atoms with Gasteiger partial charge in [0.1, 0.15) is 54.1 Å². The Labute approximate surface area is 510 Å². The molecule has 0 aromatic heterocycles. The summed E-state index contributed by atoms with van der Waals surface area (Å²) in [7, 11) is 0. The van der Waals surface area contributed by atoms with Gasteiger partial charge in [0.25, 0.3) is 0 Å². The van der Waals surface area contributed by atoms with Gasteiger partial charge in [-0.1, -0.05) is 111 Å². The maximum absolute atomic E-state index is 15.4. The van der Waals surface area contributed by atoms with Crippen LogP contribution in [0.5, 0.6) is 5.75 Å². The van der Waals surface area contributed by atoms with Crippen molar-refractivity contribution in [2.75, 3.05) is 13.1 Å². The maximum Gasteiger partial charge on any atom is 0.246 e. The Morgan fingerprint density at radius 3 is 1.41 bits per heavy atom. The van der Waals surface area contributed by atoms with E-state index in [9.17, 15) is 43.5 Å². The number of carbonyl (C=O) groups excluding carboxylic acids is 10. The summed E-state index contributed by atoms with van der Waals surface area (Å²) in [4.78, 5) is 148. The molecular formula is C61H82N16O11. The number of hydrogen-bond donors (Lipinski definition) is 14. The van der Waals surface area contributed by atoms with Gasteiger partial charge in [-0.3, -0.25) is 57.9 Å². The molecule has 1 aliphatic rings. The fourth-order valence-corrected chi connectivity index (χ4v) is 9.92. The van der Waals surface area contributed by atoms with E-state index in [4.69, 9.17) is 34.4 Å². The van der Waals surface area contributed by atoms with Gasteiger partial charge in [0.05, 0.1) is 6.42 Å². The molecule has 8 atom stereocenters. The zero-order valence-electron chi connectivity index (χ0n) is 49.6. The lowest BCUT2D eigenvalue weighted by Gasteiger charge is -2.39. The summed E-state index contributed by atoms with van der Waals surface area (Å²) < 4.78 is 0. The molecule has 0 saturated carbocycles. The van der Waals surface area contributed by atoms with Gasteiger partial charge in [-0.15, -0.1) is 0 Å². The number of phenols is 1. The van der Waals surface area contributed by atoms with Crippen LogP contribution in [0.15, 0.2) is 119 Å². The van der Waals surface area contributed by atoms with Crippen LogP contribution in [-0.4, -0.2) is 142 Å². The summed E-state index contributed by atoms with van der Waals surface area (Å²) in [6.07, 6.45) is -0.702. The number of carbonyl (C=O) groups is 10. The molecule has 0 radical (unpaired) electrons. The third-order valence-electron chi connectivity index (χ3n) is 14.3. The minimum absolute atomic E-state index is 0.000516. The van der Waals surface area contributed by atoms with Crippen molar-refractivity contribution in [1.82, 2.24) is 42.1 Å². The number of fused-ring (bicyclic) bond motifs is 1. The molecular weight excluding hydrogens is 1130 g/mol. The van der Waals surface area contributed by atoms with Crippen molar-refractivity contribution in [2.45, 2.75) is 140 Å². The Morgan fingerprint density at radius 1 is 0.511 bits per heavy atom. The average molecular weight is 1220 g/mol. The Balaban J connectivity index is 1.48. The number of aliphatic imine (C=N–C) groups is 2. The molecule has 0 bridgehead atoms. The van der Waals surface area contributed by atoms with Gasteiger partial charge in [0, 0.05) is 52.2 Å². The molecule has 0 fully saturated rings. The summed E-state index contributed by atoms with van der Waals surface area (Å²) in [6.45, 7) is 4.81. The van der Waals surface area contributed by atoms with E-state index in [0.717, 1.165) is 0 Å². The van der Waals surface area contributed by atoms with Crippen LogP contribution in [0.25, 0.3) is 0 Å². The Bertz CT molecular complexity index is 3120.